The van der Waals surface area contributed by atoms with Crippen LogP contribution in [0.25, 0.3) is 0 Å². The average Bonchev–Trinajstić information content (AvgIpc) is 2.87. The third kappa shape index (κ3) is 2.40. The minimum absolute atomic E-state index is 0.244. The topological polar surface area (TPSA) is 46.2 Å². The highest BCUT2D eigenvalue weighted by Crippen LogP contribution is 2.58. The van der Waals surface area contributed by atoms with E-state index in [1.807, 2.05) is 6.92 Å². The van der Waals surface area contributed by atoms with E-state index in [0.29, 0.717) is 13.2 Å². The first-order valence-corrected chi connectivity index (χ1v) is 6.32. The molecule has 0 aliphatic heterocycles. The van der Waals surface area contributed by atoms with Gasteiger partial charge in [0.05, 0.1) is 12.7 Å². The van der Waals surface area contributed by atoms with Crippen molar-refractivity contribution in [3.8, 4) is 0 Å². The third-order valence-corrected chi connectivity index (χ3v) is 2.73. The van der Waals surface area contributed by atoms with Crippen molar-refractivity contribution in [2.45, 2.75) is 57.9 Å². The molecule has 0 radical (unpaired) electrons. The summed E-state index contributed by atoms with van der Waals surface area (Å²) in [5, 5.41) is 0. The van der Waals surface area contributed by atoms with Gasteiger partial charge in [-0.1, -0.05) is 6.92 Å². The molecule has 0 amide bonds. The molecule has 0 saturated heterocycles. The summed E-state index contributed by atoms with van der Waals surface area (Å²) in [5.41, 5.74) is 0. The SMILES string of the molecule is CCCOC1(OCC)C(OC)C1(OF)OC(C)C. The number of ether oxygens (including phenoxy) is 4. The lowest BCUT2D eigenvalue weighted by atomic mass is 10.4. The Morgan fingerprint density at radius 2 is 1.83 bits per heavy atom. The first-order chi connectivity index (χ1) is 8.54. The lowest BCUT2D eigenvalue weighted by Gasteiger charge is -2.22. The van der Waals surface area contributed by atoms with Gasteiger partial charge in [0.1, 0.15) is 0 Å². The number of rotatable bonds is 9. The molecule has 0 bridgehead atoms. The fourth-order valence-corrected chi connectivity index (χ4v) is 2.12. The number of hydrogen-bond donors (Lipinski definition) is 0. The summed E-state index contributed by atoms with van der Waals surface area (Å²) >= 11 is 0. The molecule has 1 aliphatic carbocycles. The van der Waals surface area contributed by atoms with Crippen LogP contribution in [0.15, 0.2) is 0 Å². The molecule has 0 aromatic rings. The van der Waals surface area contributed by atoms with Crippen LogP contribution in [-0.4, -0.2) is 44.1 Å². The lowest BCUT2D eigenvalue weighted by Crippen LogP contribution is -2.36. The van der Waals surface area contributed by atoms with Gasteiger partial charge in [0.25, 0.3) is 11.6 Å². The molecule has 0 aromatic carbocycles. The molecule has 1 fully saturated rings. The fourth-order valence-electron chi connectivity index (χ4n) is 2.12. The van der Waals surface area contributed by atoms with Crippen LogP contribution < -0.4 is 0 Å². The molecule has 0 aromatic heterocycles. The van der Waals surface area contributed by atoms with E-state index in [1.165, 1.54) is 7.11 Å². The monoisotopic (exact) mass is 266 g/mol. The standard InChI is InChI=1S/C12H23FO5/c1-6-8-16-11(15-7-2)10(14-5)12(11,18-13)17-9(3)4/h9-10H,6-8H2,1-5H3. The zero-order chi connectivity index (χ0) is 13.8. The van der Waals surface area contributed by atoms with Gasteiger partial charge in [-0.15, -0.1) is 4.94 Å². The van der Waals surface area contributed by atoms with Gasteiger partial charge in [0.15, 0.2) is 6.10 Å². The van der Waals surface area contributed by atoms with Crippen LogP contribution in [-0.2, 0) is 23.9 Å². The van der Waals surface area contributed by atoms with Gasteiger partial charge in [-0.2, -0.15) is 0 Å². The first kappa shape index (κ1) is 15.8. The van der Waals surface area contributed by atoms with Crippen molar-refractivity contribution in [2.24, 2.45) is 0 Å². The maximum Gasteiger partial charge on any atom is 0.296 e. The highest BCUT2D eigenvalue weighted by Gasteiger charge is 2.87. The molecular formula is C12H23FO5. The Labute approximate surface area is 107 Å². The maximum atomic E-state index is 13.0. The molecule has 3 atom stereocenters. The Morgan fingerprint density at radius 1 is 1.17 bits per heavy atom. The van der Waals surface area contributed by atoms with Crippen LogP contribution in [0.4, 0.5) is 4.53 Å². The van der Waals surface area contributed by atoms with Crippen molar-refractivity contribution in [2.75, 3.05) is 20.3 Å². The summed E-state index contributed by atoms with van der Waals surface area (Å²) in [6.45, 7) is 8.05. The van der Waals surface area contributed by atoms with Crippen LogP contribution in [0.2, 0.25) is 0 Å². The molecular weight excluding hydrogens is 243 g/mol. The minimum Gasteiger partial charge on any atom is -0.370 e. The second-order valence-electron chi connectivity index (χ2n) is 4.48. The summed E-state index contributed by atoms with van der Waals surface area (Å²) in [6, 6.07) is 0. The molecule has 3 unspecified atom stereocenters. The summed E-state index contributed by atoms with van der Waals surface area (Å²) in [4.78, 5) is 4.03. The van der Waals surface area contributed by atoms with Gasteiger partial charge in [-0.3, -0.25) is 0 Å². The Kier molecular flexibility index (Phi) is 5.48. The largest absolute Gasteiger partial charge is 0.370 e. The Balaban J connectivity index is 2.92. The number of halogens is 1. The molecule has 6 heteroatoms. The highest BCUT2D eigenvalue weighted by atomic mass is 19.3. The quantitative estimate of drug-likeness (QED) is 0.599. The summed E-state index contributed by atoms with van der Waals surface area (Å²) < 4.78 is 34.8. The Hall–Kier alpha value is -0.270. The summed E-state index contributed by atoms with van der Waals surface area (Å²) in [6.07, 6.45) is -0.218. The van der Waals surface area contributed by atoms with Crippen molar-refractivity contribution in [3.05, 3.63) is 0 Å². The van der Waals surface area contributed by atoms with E-state index < -0.39 is 17.7 Å². The predicted octanol–water partition coefficient (Wildman–Crippen LogP) is 2.20. The van der Waals surface area contributed by atoms with E-state index in [0.717, 1.165) is 6.42 Å². The molecule has 5 nitrogen and oxygen atoms in total. The van der Waals surface area contributed by atoms with Crippen LogP contribution in [0, 0.1) is 0 Å². The second kappa shape index (κ2) is 6.25. The van der Waals surface area contributed by atoms with Gasteiger partial charge in [-0.25, -0.2) is 0 Å². The van der Waals surface area contributed by atoms with E-state index >= 15 is 0 Å². The number of hydrogen-bond acceptors (Lipinski definition) is 5. The van der Waals surface area contributed by atoms with E-state index in [4.69, 9.17) is 18.9 Å². The van der Waals surface area contributed by atoms with Gasteiger partial charge in [0.2, 0.25) is 0 Å². The van der Waals surface area contributed by atoms with Crippen molar-refractivity contribution in [3.63, 3.8) is 0 Å². The van der Waals surface area contributed by atoms with Gasteiger partial charge >= 0.3 is 0 Å². The zero-order valence-electron chi connectivity index (χ0n) is 11.7. The molecule has 0 N–H and O–H groups in total. The highest BCUT2D eigenvalue weighted by molar-refractivity contribution is 5.20. The molecule has 1 saturated carbocycles. The second-order valence-corrected chi connectivity index (χ2v) is 4.48. The molecule has 108 valence electrons. The summed E-state index contributed by atoms with van der Waals surface area (Å²) in [5.74, 6) is -2.97. The van der Waals surface area contributed by atoms with E-state index in [1.54, 1.807) is 20.8 Å². The minimum atomic E-state index is -1.64. The van der Waals surface area contributed by atoms with Gasteiger partial charge in [-0.05, 0) is 31.7 Å². The van der Waals surface area contributed by atoms with Gasteiger partial charge < -0.3 is 18.9 Å². The van der Waals surface area contributed by atoms with Crippen molar-refractivity contribution in [1.82, 2.24) is 0 Å². The fraction of sp³-hybridized carbons (Fsp3) is 1.00. The summed E-state index contributed by atoms with van der Waals surface area (Å²) in [7, 11) is 1.44. The molecule has 1 aliphatic rings. The van der Waals surface area contributed by atoms with E-state index in [-0.39, 0.29) is 6.10 Å². The molecule has 0 spiro atoms. The Bertz CT molecular complexity index is 263. The zero-order valence-corrected chi connectivity index (χ0v) is 11.7. The molecule has 18 heavy (non-hydrogen) atoms. The van der Waals surface area contributed by atoms with Crippen LogP contribution >= 0.6 is 0 Å². The van der Waals surface area contributed by atoms with Crippen molar-refractivity contribution < 1.29 is 28.4 Å². The molecule has 0 heterocycles. The Morgan fingerprint density at radius 3 is 2.22 bits per heavy atom. The smallest absolute Gasteiger partial charge is 0.296 e. The van der Waals surface area contributed by atoms with E-state index in [2.05, 4.69) is 4.94 Å². The van der Waals surface area contributed by atoms with Crippen molar-refractivity contribution in [1.29, 1.82) is 0 Å². The normalized spacial score (nSPS) is 35.2. The van der Waals surface area contributed by atoms with E-state index in [9.17, 15) is 4.53 Å². The third-order valence-electron chi connectivity index (χ3n) is 2.73. The lowest BCUT2D eigenvalue weighted by molar-refractivity contribution is -0.363. The average molecular weight is 266 g/mol. The first-order valence-electron chi connectivity index (χ1n) is 6.32. The van der Waals surface area contributed by atoms with Crippen molar-refractivity contribution >= 4 is 0 Å². The van der Waals surface area contributed by atoms with Gasteiger partial charge in [0, 0.05) is 13.7 Å². The molecule has 1 rings (SSSR count). The van der Waals surface area contributed by atoms with Crippen LogP contribution in [0.3, 0.4) is 0 Å². The maximum absolute atomic E-state index is 13.0. The van der Waals surface area contributed by atoms with Crippen LogP contribution in [0.5, 0.6) is 0 Å². The van der Waals surface area contributed by atoms with Crippen LogP contribution in [0.1, 0.15) is 34.1 Å². The number of methoxy groups -OCH3 is 1. The predicted molar refractivity (Wildman–Crippen MR) is 62.5 cm³/mol.